The monoisotopic (exact) mass is 354 g/mol. The van der Waals surface area contributed by atoms with Crippen molar-refractivity contribution in [1.29, 1.82) is 0 Å². The quantitative estimate of drug-likeness (QED) is 0.270. The Balaban J connectivity index is 4.30. The Hall–Kier alpha value is -0.530. The van der Waals surface area contributed by atoms with Crippen LogP contribution < -0.4 is 0 Å². The van der Waals surface area contributed by atoms with Crippen molar-refractivity contribution < 1.29 is 9.90 Å². The summed E-state index contributed by atoms with van der Waals surface area (Å²) in [6, 6.07) is 0. The molecule has 0 rings (SSSR count). The largest absolute Gasteiger partial charge is 0.481 e. The zero-order chi connectivity index (χ0) is 19.1. The van der Waals surface area contributed by atoms with Crippen LogP contribution in [0.3, 0.4) is 0 Å². The molecule has 0 saturated carbocycles. The molecule has 25 heavy (non-hydrogen) atoms. The fraction of sp³-hybridized carbons (Fsp3) is 0.957. The number of unbranched alkanes of at least 4 members (excludes halogenated alkanes) is 8. The molecular formula is C23H46O2. The molecule has 2 nitrogen and oxygen atoms in total. The molecule has 0 aliphatic heterocycles. The summed E-state index contributed by atoms with van der Waals surface area (Å²) in [6.07, 6.45) is 16.7. The summed E-state index contributed by atoms with van der Waals surface area (Å²) in [5.41, 5.74) is -0.501. The van der Waals surface area contributed by atoms with Crippen LogP contribution in [-0.2, 0) is 4.79 Å². The average molecular weight is 355 g/mol. The normalized spacial score (nSPS) is 15.3. The van der Waals surface area contributed by atoms with E-state index < -0.39 is 11.4 Å². The first-order valence-electron chi connectivity index (χ1n) is 11.2. The van der Waals surface area contributed by atoms with Crippen LogP contribution in [0.5, 0.6) is 0 Å². The molecule has 0 aliphatic carbocycles. The number of carboxylic acids is 1. The Morgan fingerprint density at radius 2 is 1.36 bits per heavy atom. The molecule has 0 spiro atoms. The predicted octanol–water partition coefficient (Wildman–Crippen LogP) is 7.85. The number of rotatable bonds is 17. The van der Waals surface area contributed by atoms with Crippen molar-refractivity contribution in [2.75, 3.05) is 0 Å². The molecule has 0 bridgehead atoms. The van der Waals surface area contributed by atoms with Crippen molar-refractivity contribution in [2.24, 2.45) is 17.3 Å². The first-order chi connectivity index (χ1) is 11.9. The molecule has 0 aromatic heterocycles. The number of carboxylic acid groups (broad SMARTS) is 1. The third-order valence-electron chi connectivity index (χ3n) is 6.16. The number of carbonyl (C=O) groups is 1. The maximum absolute atomic E-state index is 12.1. The lowest BCUT2D eigenvalue weighted by Gasteiger charge is -2.37. The van der Waals surface area contributed by atoms with Gasteiger partial charge in [0.15, 0.2) is 0 Å². The van der Waals surface area contributed by atoms with Gasteiger partial charge in [-0.1, -0.05) is 98.8 Å². The second kappa shape index (κ2) is 14.6. The van der Waals surface area contributed by atoms with Crippen LogP contribution in [0.4, 0.5) is 0 Å². The van der Waals surface area contributed by atoms with Gasteiger partial charge in [0.1, 0.15) is 0 Å². The van der Waals surface area contributed by atoms with E-state index in [1.807, 2.05) is 0 Å². The molecular weight excluding hydrogens is 308 g/mol. The molecule has 0 fully saturated rings. The Bertz CT molecular complexity index is 324. The van der Waals surface area contributed by atoms with Gasteiger partial charge in [-0.2, -0.15) is 0 Å². The van der Waals surface area contributed by atoms with Gasteiger partial charge in [-0.3, -0.25) is 4.79 Å². The fourth-order valence-corrected chi connectivity index (χ4v) is 4.22. The summed E-state index contributed by atoms with van der Waals surface area (Å²) in [4.78, 5) is 12.1. The van der Waals surface area contributed by atoms with Crippen molar-refractivity contribution in [3.63, 3.8) is 0 Å². The standard InChI is InChI=1S/C23H46O2/c1-6-9-10-11-12-13-14-15-16-17-21(7-2)23(8-3,22(24)25)19-18-20(4)5/h20-21H,6-19H2,1-5H3,(H,24,25). The summed E-state index contributed by atoms with van der Waals surface area (Å²) in [5.74, 6) is 0.354. The van der Waals surface area contributed by atoms with Crippen molar-refractivity contribution in [3.8, 4) is 0 Å². The Morgan fingerprint density at radius 1 is 0.840 bits per heavy atom. The Kier molecular flexibility index (Phi) is 14.3. The maximum atomic E-state index is 12.1. The van der Waals surface area contributed by atoms with E-state index in [0.717, 1.165) is 32.1 Å². The Morgan fingerprint density at radius 3 is 1.76 bits per heavy atom. The summed E-state index contributed by atoms with van der Waals surface area (Å²) in [5, 5.41) is 9.98. The molecule has 2 atom stereocenters. The third kappa shape index (κ3) is 9.66. The zero-order valence-corrected chi connectivity index (χ0v) is 17.9. The van der Waals surface area contributed by atoms with E-state index in [1.165, 1.54) is 57.8 Å². The van der Waals surface area contributed by atoms with Crippen molar-refractivity contribution in [3.05, 3.63) is 0 Å². The van der Waals surface area contributed by atoms with Gasteiger partial charge in [0.25, 0.3) is 0 Å². The number of aliphatic carboxylic acids is 1. The molecule has 0 aliphatic rings. The van der Waals surface area contributed by atoms with Crippen molar-refractivity contribution in [2.45, 2.75) is 125 Å². The summed E-state index contributed by atoms with van der Waals surface area (Å²) in [7, 11) is 0. The summed E-state index contributed by atoms with van der Waals surface area (Å²) in [6.45, 7) is 10.9. The molecule has 0 radical (unpaired) electrons. The van der Waals surface area contributed by atoms with Gasteiger partial charge in [-0.05, 0) is 37.5 Å². The van der Waals surface area contributed by atoms with Crippen LogP contribution in [0, 0.1) is 17.3 Å². The van der Waals surface area contributed by atoms with Gasteiger partial charge < -0.3 is 5.11 Å². The highest BCUT2D eigenvalue weighted by Crippen LogP contribution is 2.42. The van der Waals surface area contributed by atoms with Crippen LogP contribution in [0.25, 0.3) is 0 Å². The molecule has 0 aromatic rings. The second-order valence-corrected chi connectivity index (χ2v) is 8.47. The van der Waals surface area contributed by atoms with E-state index in [0.29, 0.717) is 11.8 Å². The Labute approximate surface area is 158 Å². The topological polar surface area (TPSA) is 37.3 Å². The van der Waals surface area contributed by atoms with E-state index >= 15 is 0 Å². The zero-order valence-electron chi connectivity index (χ0n) is 17.9. The van der Waals surface area contributed by atoms with Crippen LogP contribution in [0.1, 0.15) is 125 Å². The highest BCUT2D eigenvalue weighted by molar-refractivity contribution is 5.75. The smallest absolute Gasteiger partial charge is 0.309 e. The molecule has 0 amide bonds. The minimum absolute atomic E-state index is 0.332. The second-order valence-electron chi connectivity index (χ2n) is 8.47. The van der Waals surface area contributed by atoms with E-state index in [2.05, 4.69) is 34.6 Å². The van der Waals surface area contributed by atoms with Gasteiger partial charge in [0.05, 0.1) is 5.41 Å². The van der Waals surface area contributed by atoms with E-state index in [-0.39, 0.29) is 0 Å². The maximum Gasteiger partial charge on any atom is 0.309 e. The number of hydrogen-bond acceptors (Lipinski definition) is 1. The highest BCUT2D eigenvalue weighted by atomic mass is 16.4. The molecule has 0 heterocycles. The number of hydrogen-bond donors (Lipinski definition) is 1. The van der Waals surface area contributed by atoms with Crippen LogP contribution in [0.15, 0.2) is 0 Å². The van der Waals surface area contributed by atoms with E-state index in [1.54, 1.807) is 0 Å². The lowest BCUT2D eigenvalue weighted by molar-refractivity contribution is -0.154. The minimum atomic E-state index is -0.557. The van der Waals surface area contributed by atoms with Gasteiger partial charge in [-0.25, -0.2) is 0 Å². The first kappa shape index (κ1) is 24.5. The minimum Gasteiger partial charge on any atom is -0.481 e. The van der Waals surface area contributed by atoms with Gasteiger partial charge in [0.2, 0.25) is 0 Å². The molecule has 150 valence electrons. The van der Waals surface area contributed by atoms with E-state index in [9.17, 15) is 9.90 Å². The third-order valence-corrected chi connectivity index (χ3v) is 6.16. The van der Waals surface area contributed by atoms with Crippen molar-refractivity contribution in [1.82, 2.24) is 0 Å². The predicted molar refractivity (Wildman–Crippen MR) is 110 cm³/mol. The first-order valence-corrected chi connectivity index (χ1v) is 11.2. The lowest BCUT2D eigenvalue weighted by Crippen LogP contribution is -2.38. The molecule has 2 unspecified atom stereocenters. The average Bonchev–Trinajstić information content (AvgIpc) is 2.58. The lowest BCUT2D eigenvalue weighted by atomic mass is 9.66. The SMILES string of the molecule is CCCCCCCCCCCC(CC)C(CC)(CCC(C)C)C(=O)O. The molecule has 1 N–H and O–H groups in total. The van der Waals surface area contributed by atoms with Crippen LogP contribution in [0.2, 0.25) is 0 Å². The van der Waals surface area contributed by atoms with Crippen LogP contribution >= 0.6 is 0 Å². The highest BCUT2D eigenvalue weighted by Gasteiger charge is 2.42. The molecule has 2 heteroatoms. The van der Waals surface area contributed by atoms with Gasteiger partial charge >= 0.3 is 5.97 Å². The van der Waals surface area contributed by atoms with E-state index in [4.69, 9.17) is 0 Å². The van der Waals surface area contributed by atoms with Crippen LogP contribution in [-0.4, -0.2) is 11.1 Å². The summed E-state index contributed by atoms with van der Waals surface area (Å²) >= 11 is 0. The molecule has 0 saturated heterocycles. The summed E-state index contributed by atoms with van der Waals surface area (Å²) < 4.78 is 0. The molecule has 0 aromatic carbocycles. The fourth-order valence-electron chi connectivity index (χ4n) is 4.22. The van der Waals surface area contributed by atoms with Gasteiger partial charge in [0, 0.05) is 0 Å². The van der Waals surface area contributed by atoms with Gasteiger partial charge in [-0.15, -0.1) is 0 Å². The van der Waals surface area contributed by atoms with Crippen molar-refractivity contribution >= 4 is 5.97 Å².